The molecule has 0 N–H and O–H groups in total. The van der Waals surface area contributed by atoms with Crippen LogP contribution in [-0.4, -0.2) is 60.0 Å². The lowest BCUT2D eigenvalue weighted by Gasteiger charge is -2.36. The van der Waals surface area contributed by atoms with E-state index in [9.17, 15) is 5.26 Å². The van der Waals surface area contributed by atoms with Crippen molar-refractivity contribution in [2.24, 2.45) is 22.7 Å². The van der Waals surface area contributed by atoms with E-state index in [0.29, 0.717) is 35.4 Å². The van der Waals surface area contributed by atoms with Crippen LogP contribution in [0.1, 0.15) is 129 Å². The van der Waals surface area contributed by atoms with Gasteiger partial charge in [-0.05, 0) is 99.4 Å². The molecular formula is C45H59F5N4OS. The van der Waals surface area contributed by atoms with Crippen molar-refractivity contribution in [3.05, 3.63) is 74.7 Å². The maximum absolute atomic E-state index is 17.8. The first-order valence-electron chi connectivity index (χ1n) is 20.3. The van der Waals surface area contributed by atoms with Gasteiger partial charge in [-0.3, -0.25) is 4.90 Å². The number of hydrogen-bond donors (Lipinski definition) is 0. The summed E-state index contributed by atoms with van der Waals surface area (Å²) in [5.41, 5.74) is -2.13. The Hall–Kier alpha value is -3.49. The van der Waals surface area contributed by atoms with Gasteiger partial charge in [0, 0.05) is 46.7 Å². The predicted molar refractivity (Wildman–Crippen MR) is 220 cm³/mol. The molecule has 5 nitrogen and oxygen atoms in total. The number of thiophene rings is 1. The number of nitrogens with zero attached hydrogens (tertiary/aromatic N) is 4. The lowest BCUT2D eigenvalue weighted by Crippen LogP contribution is -2.42. The molecule has 0 radical (unpaired) electrons. The molecule has 2 saturated heterocycles. The minimum Gasteiger partial charge on any atom is -0.476 e. The van der Waals surface area contributed by atoms with Gasteiger partial charge >= 0.3 is 6.18 Å². The van der Waals surface area contributed by atoms with Crippen molar-refractivity contribution in [1.82, 2.24) is 9.80 Å². The fourth-order valence-corrected chi connectivity index (χ4v) is 10.1. The van der Waals surface area contributed by atoms with Gasteiger partial charge in [0.2, 0.25) is 5.88 Å². The van der Waals surface area contributed by atoms with E-state index in [1.165, 1.54) is 0 Å². The SMILES string of the molecule is CC/C=C(/N=C1/C(F)=C(c2ccc(F)c3sc(C(C)C)c(C#N)c23)C(C(F)(F)F)=C/C1=C(/C)N(C)C(CCC(C)C)C(C)C)OCC12CCCN1CC(CC)C2. The van der Waals surface area contributed by atoms with E-state index in [-0.39, 0.29) is 61.8 Å². The number of aliphatic imine (C=N–C) groups is 1. The molecule has 0 spiro atoms. The summed E-state index contributed by atoms with van der Waals surface area (Å²) in [7, 11) is 1.85. The van der Waals surface area contributed by atoms with Gasteiger partial charge in [-0.1, -0.05) is 67.9 Å². The normalized spacial score (nSPS) is 23.2. The summed E-state index contributed by atoms with van der Waals surface area (Å²) in [5, 5.41) is 10.3. The Morgan fingerprint density at radius 3 is 2.45 bits per heavy atom. The molecule has 0 amide bonds. The summed E-state index contributed by atoms with van der Waals surface area (Å²) in [6, 6.07) is 4.28. The van der Waals surface area contributed by atoms with E-state index < -0.39 is 29.0 Å². The summed E-state index contributed by atoms with van der Waals surface area (Å²) < 4.78 is 86.1. The molecule has 0 saturated carbocycles. The van der Waals surface area contributed by atoms with Crippen molar-refractivity contribution >= 4 is 32.7 Å². The van der Waals surface area contributed by atoms with Gasteiger partial charge in [-0.15, -0.1) is 11.3 Å². The molecule has 3 unspecified atom stereocenters. The minimum atomic E-state index is -5.01. The molecule has 56 heavy (non-hydrogen) atoms. The lowest BCUT2D eigenvalue weighted by atomic mass is 9.84. The standard InChI is InChI=1S/C45H59F5N4OS/c1-11-14-37(55-25-44-19-13-20-54(44)24-30(12-2)22-44)52-41-32(29(9)53(10)36(27(5)6)18-15-26(3)4)21-34(45(48,49)50)39(40(41)47)31-16-17-35(46)43-38(31)33(23-51)42(56-43)28(7)8/h14,16-17,21,26-28,30,36H,11-13,15,18-20,22,24-25H2,1-10H3/b32-29+,37-14-,52-41+. The summed E-state index contributed by atoms with van der Waals surface area (Å²) in [6.07, 6.45) is 4.01. The molecule has 306 valence electrons. The molecule has 1 aliphatic carbocycles. The largest absolute Gasteiger partial charge is 0.476 e. The van der Waals surface area contributed by atoms with Gasteiger partial charge in [0.05, 0.1) is 21.4 Å². The number of nitriles is 1. The molecule has 11 heteroatoms. The van der Waals surface area contributed by atoms with Crippen LogP contribution in [0.3, 0.4) is 0 Å². The fraction of sp³-hybridized carbons (Fsp3) is 0.600. The van der Waals surface area contributed by atoms with E-state index in [2.05, 4.69) is 45.6 Å². The summed E-state index contributed by atoms with van der Waals surface area (Å²) in [6.45, 7) is 20.2. The van der Waals surface area contributed by atoms with Crippen LogP contribution in [-0.2, 0) is 4.74 Å². The van der Waals surface area contributed by atoms with Crippen LogP contribution in [0, 0.1) is 34.9 Å². The van der Waals surface area contributed by atoms with Gasteiger partial charge in [0.25, 0.3) is 0 Å². The monoisotopic (exact) mass is 798 g/mol. The van der Waals surface area contributed by atoms with Crippen LogP contribution in [0.4, 0.5) is 22.0 Å². The molecule has 2 aromatic rings. The number of fused-ring (bicyclic) bond motifs is 2. The Bertz CT molecular complexity index is 1980. The molecule has 2 fully saturated rings. The van der Waals surface area contributed by atoms with E-state index in [1.807, 2.05) is 32.7 Å². The number of hydrogen-bond acceptors (Lipinski definition) is 6. The van der Waals surface area contributed by atoms with Gasteiger partial charge < -0.3 is 9.64 Å². The zero-order chi connectivity index (χ0) is 41.3. The first kappa shape index (κ1) is 43.6. The van der Waals surface area contributed by atoms with Crippen molar-refractivity contribution in [3.8, 4) is 6.07 Å². The molecule has 1 aromatic carbocycles. The maximum Gasteiger partial charge on any atom is 0.417 e. The zero-order valence-corrected chi connectivity index (χ0v) is 35.6. The van der Waals surface area contributed by atoms with Crippen LogP contribution in [0.5, 0.6) is 0 Å². The van der Waals surface area contributed by atoms with Crippen molar-refractivity contribution in [2.45, 2.75) is 131 Å². The zero-order valence-electron chi connectivity index (χ0n) is 34.8. The average Bonchev–Trinajstić information content (AvgIpc) is 3.82. The molecule has 2 aliphatic heterocycles. The van der Waals surface area contributed by atoms with Crippen molar-refractivity contribution in [2.75, 3.05) is 26.7 Å². The van der Waals surface area contributed by atoms with Crippen molar-refractivity contribution in [3.63, 3.8) is 0 Å². The minimum absolute atomic E-state index is 0.00138. The number of halogens is 5. The first-order valence-corrected chi connectivity index (χ1v) is 21.2. The van der Waals surface area contributed by atoms with Crippen LogP contribution in [0.25, 0.3) is 15.7 Å². The van der Waals surface area contributed by atoms with Crippen molar-refractivity contribution in [1.29, 1.82) is 5.26 Å². The van der Waals surface area contributed by atoms with E-state index >= 15 is 22.0 Å². The third-order valence-electron chi connectivity index (χ3n) is 12.1. The fourth-order valence-electron chi connectivity index (χ4n) is 8.89. The second-order valence-corrected chi connectivity index (χ2v) is 18.0. The highest BCUT2D eigenvalue weighted by Gasteiger charge is 2.49. The molecule has 0 bridgehead atoms. The molecule has 3 atom stereocenters. The molecular weight excluding hydrogens is 740 g/mol. The highest BCUT2D eigenvalue weighted by Crippen LogP contribution is 2.49. The van der Waals surface area contributed by atoms with Crippen LogP contribution >= 0.6 is 11.3 Å². The lowest BCUT2D eigenvalue weighted by molar-refractivity contribution is -0.0872. The van der Waals surface area contributed by atoms with Gasteiger partial charge in [0.1, 0.15) is 24.2 Å². The second-order valence-electron chi connectivity index (χ2n) is 17.0. The number of benzene rings is 1. The Morgan fingerprint density at radius 2 is 1.86 bits per heavy atom. The number of ether oxygens (including phenoxy) is 1. The van der Waals surface area contributed by atoms with Gasteiger partial charge in [-0.25, -0.2) is 13.8 Å². The Kier molecular flexibility index (Phi) is 13.7. The van der Waals surface area contributed by atoms with E-state index in [4.69, 9.17) is 9.73 Å². The highest BCUT2D eigenvalue weighted by molar-refractivity contribution is 7.19. The quantitative estimate of drug-likeness (QED) is 0.141. The topological polar surface area (TPSA) is 51.9 Å². The smallest absolute Gasteiger partial charge is 0.417 e. The average molecular weight is 799 g/mol. The summed E-state index contributed by atoms with van der Waals surface area (Å²) in [5.74, 6) is -0.825. The van der Waals surface area contributed by atoms with Crippen LogP contribution < -0.4 is 0 Å². The molecule has 3 aliphatic rings. The van der Waals surface area contributed by atoms with Gasteiger partial charge in [0.15, 0.2) is 5.83 Å². The Morgan fingerprint density at radius 1 is 1.14 bits per heavy atom. The van der Waals surface area contributed by atoms with Crippen LogP contribution in [0.15, 0.2) is 57.8 Å². The van der Waals surface area contributed by atoms with Crippen LogP contribution in [0.2, 0.25) is 0 Å². The molecule has 1 aromatic heterocycles. The highest BCUT2D eigenvalue weighted by atomic mass is 32.1. The molecule has 3 heterocycles. The number of alkyl halides is 3. The number of rotatable bonds is 14. The molecule has 5 rings (SSSR count). The second kappa shape index (κ2) is 17.6. The van der Waals surface area contributed by atoms with E-state index in [0.717, 1.165) is 81.2 Å². The predicted octanol–water partition coefficient (Wildman–Crippen LogP) is 12.9. The Labute approximate surface area is 334 Å². The summed E-state index contributed by atoms with van der Waals surface area (Å²) >= 11 is 1.02. The Balaban J connectivity index is 1.78. The van der Waals surface area contributed by atoms with E-state index in [1.54, 1.807) is 13.0 Å². The number of allylic oxidation sites excluding steroid dienone is 7. The first-order chi connectivity index (χ1) is 26.4. The summed E-state index contributed by atoms with van der Waals surface area (Å²) in [4.78, 5) is 9.79. The third kappa shape index (κ3) is 8.67. The van der Waals surface area contributed by atoms with Crippen molar-refractivity contribution < 1.29 is 26.7 Å². The maximum atomic E-state index is 17.8. The third-order valence-corrected chi connectivity index (χ3v) is 13.5. The van der Waals surface area contributed by atoms with Gasteiger partial charge in [-0.2, -0.15) is 18.4 Å².